The lowest BCUT2D eigenvalue weighted by molar-refractivity contribution is -0.145. The summed E-state index contributed by atoms with van der Waals surface area (Å²) in [5.74, 6) is -1.54. The topological polar surface area (TPSA) is 85.4 Å². The normalized spacial score (nSPS) is 19.0. The number of fused-ring (bicyclic) bond motifs is 1. The first-order chi connectivity index (χ1) is 12.7. The zero-order valence-electron chi connectivity index (χ0n) is 15.2. The molecule has 1 aromatic carbocycles. The number of methoxy groups -OCH3 is 1. The van der Waals surface area contributed by atoms with Gasteiger partial charge in [-0.2, -0.15) is 0 Å². The molecule has 0 aromatic heterocycles. The van der Waals surface area contributed by atoms with Crippen molar-refractivity contribution in [3.63, 3.8) is 0 Å². The van der Waals surface area contributed by atoms with Crippen LogP contribution in [0.1, 0.15) is 20.8 Å². The molecule has 0 aliphatic carbocycles. The number of nitrogens with zero attached hydrogens (tertiary/aromatic N) is 2. The summed E-state index contributed by atoms with van der Waals surface area (Å²) in [7, 11) is 1.22. The number of rotatable bonds is 4. The van der Waals surface area contributed by atoms with Gasteiger partial charge in [-0.15, -0.1) is 0 Å². The summed E-state index contributed by atoms with van der Waals surface area (Å²) < 4.78 is 15.0. The lowest BCUT2D eigenvalue weighted by Gasteiger charge is -2.32. The molecular formula is C17H20Cl2N2O6. The maximum Gasteiger partial charge on any atom is 0.417 e. The van der Waals surface area contributed by atoms with Crippen molar-refractivity contribution in [2.75, 3.05) is 16.9 Å². The van der Waals surface area contributed by atoms with E-state index in [1.807, 2.05) is 0 Å². The van der Waals surface area contributed by atoms with Crippen LogP contribution in [0.2, 0.25) is 0 Å². The van der Waals surface area contributed by atoms with E-state index in [2.05, 4.69) is 0 Å². The van der Waals surface area contributed by atoms with E-state index in [0.717, 1.165) is 0 Å². The van der Waals surface area contributed by atoms with E-state index in [1.165, 1.54) is 37.7 Å². The quantitative estimate of drug-likeness (QED) is 0.418. The molecule has 0 N–H and O–H groups in total. The van der Waals surface area contributed by atoms with Gasteiger partial charge in [-0.25, -0.2) is 9.59 Å². The molecule has 0 fully saturated rings. The van der Waals surface area contributed by atoms with E-state index < -0.39 is 41.4 Å². The van der Waals surface area contributed by atoms with Crippen molar-refractivity contribution in [1.29, 1.82) is 0 Å². The van der Waals surface area contributed by atoms with Gasteiger partial charge >= 0.3 is 18.2 Å². The first kappa shape index (κ1) is 21.1. The molecule has 8 nitrogen and oxygen atoms in total. The van der Waals surface area contributed by atoms with Gasteiger partial charge in [-0.3, -0.25) is 14.6 Å². The predicted molar refractivity (Wildman–Crippen MR) is 100.0 cm³/mol. The molecule has 0 radical (unpaired) electrons. The van der Waals surface area contributed by atoms with E-state index in [0.29, 0.717) is 11.4 Å². The van der Waals surface area contributed by atoms with Gasteiger partial charge in [-0.1, -0.05) is 35.3 Å². The highest BCUT2D eigenvalue weighted by Gasteiger charge is 2.49. The third-order valence-corrected chi connectivity index (χ3v) is 4.05. The van der Waals surface area contributed by atoms with Crippen molar-refractivity contribution < 1.29 is 28.6 Å². The zero-order chi connectivity index (χ0) is 20.3. The van der Waals surface area contributed by atoms with Gasteiger partial charge in [0.2, 0.25) is 0 Å². The van der Waals surface area contributed by atoms with Crippen molar-refractivity contribution >= 4 is 52.7 Å². The van der Waals surface area contributed by atoms with Crippen LogP contribution in [-0.4, -0.2) is 42.6 Å². The molecule has 1 heterocycles. The van der Waals surface area contributed by atoms with Crippen molar-refractivity contribution in [3.05, 3.63) is 24.3 Å². The Morgan fingerprint density at radius 1 is 0.926 bits per heavy atom. The maximum atomic E-state index is 12.7. The molecule has 0 spiro atoms. The Morgan fingerprint density at radius 3 is 1.67 bits per heavy atom. The summed E-state index contributed by atoms with van der Waals surface area (Å²) in [6, 6.07) is 6.60. The summed E-state index contributed by atoms with van der Waals surface area (Å²) in [5, 5.41) is 0. The number of alkyl halides is 2. The lowest BCUT2D eigenvalue weighted by Crippen LogP contribution is -2.54. The highest BCUT2D eigenvalue weighted by Crippen LogP contribution is 2.43. The summed E-state index contributed by atoms with van der Waals surface area (Å²) in [6.07, 6.45) is -2.72. The highest BCUT2D eigenvalue weighted by atomic mass is 35.5. The number of halogens is 2. The van der Waals surface area contributed by atoms with Gasteiger partial charge in [0.25, 0.3) is 0 Å². The second-order valence-corrected chi connectivity index (χ2v) is 7.04. The SMILES string of the molecule is COC(=O)C(C)C1N(C(=O)OC(C)Cl)c2ccccc2N1C(=O)OC(C)Cl. The molecule has 1 aromatic rings. The van der Waals surface area contributed by atoms with Crippen LogP contribution in [0.15, 0.2) is 24.3 Å². The zero-order valence-corrected chi connectivity index (χ0v) is 16.7. The largest absolute Gasteiger partial charge is 0.469 e. The van der Waals surface area contributed by atoms with Crippen molar-refractivity contribution in [2.45, 2.75) is 38.1 Å². The van der Waals surface area contributed by atoms with Gasteiger partial charge in [0.05, 0.1) is 24.4 Å². The monoisotopic (exact) mass is 418 g/mol. The number of para-hydroxylation sites is 2. The number of carbonyl (C=O) groups is 3. The van der Waals surface area contributed by atoms with E-state index in [-0.39, 0.29) is 0 Å². The van der Waals surface area contributed by atoms with Crippen LogP contribution in [0.4, 0.5) is 21.0 Å². The minimum absolute atomic E-state index is 0.361. The molecule has 0 bridgehead atoms. The fraction of sp³-hybridized carbons (Fsp3) is 0.471. The molecule has 2 amide bonds. The standard InChI is InChI=1S/C17H20Cl2N2O6/c1-9(15(22)25-4)14-20(16(23)26-10(2)18)12-7-5-6-8-13(12)21(14)17(24)27-11(3)19/h5-11,14H,1-4H3. The molecule has 2 rings (SSSR count). The molecular weight excluding hydrogens is 399 g/mol. The third kappa shape index (κ3) is 4.39. The van der Waals surface area contributed by atoms with Gasteiger partial charge in [0, 0.05) is 0 Å². The average Bonchev–Trinajstić information content (AvgIpc) is 2.94. The second kappa shape index (κ2) is 8.67. The maximum absolute atomic E-state index is 12.7. The first-order valence-electron chi connectivity index (χ1n) is 8.13. The van der Waals surface area contributed by atoms with Crippen LogP contribution in [0.25, 0.3) is 0 Å². The Bertz CT molecular complexity index is 678. The number of amides is 2. The minimum Gasteiger partial charge on any atom is -0.469 e. The number of benzene rings is 1. The molecule has 1 aliphatic rings. The number of hydrogen-bond acceptors (Lipinski definition) is 6. The molecule has 0 saturated carbocycles. The van der Waals surface area contributed by atoms with Crippen LogP contribution in [0.5, 0.6) is 0 Å². The predicted octanol–water partition coefficient (Wildman–Crippen LogP) is 3.89. The fourth-order valence-electron chi connectivity index (χ4n) is 2.83. The summed E-state index contributed by atoms with van der Waals surface area (Å²) >= 11 is 11.6. The molecule has 3 atom stereocenters. The summed E-state index contributed by atoms with van der Waals surface area (Å²) in [5.41, 5.74) is -1.11. The summed E-state index contributed by atoms with van der Waals surface area (Å²) in [6.45, 7) is 4.47. The molecule has 10 heteroatoms. The van der Waals surface area contributed by atoms with Crippen LogP contribution in [-0.2, 0) is 19.0 Å². The number of anilines is 2. The lowest BCUT2D eigenvalue weighted by atomic mass is 10.1. The van der Waals surface area contributed by atoms with Gasteiger partial charge in [0.1, 0.15) is 6.17 Å². The third-order valence-electron chi connectivity index (χ3n) is 3.87. The Kier molecular flexibility index (Phi) is 6.78. The smallest absolute Gasteiger partial charge is 0.417 e. The summed E-state index contributed by atoms with van der Waals surface area (Å²) in [4.78, 5) is 39.9. The Balaban J connectivity index is 2.57. The Morgan fingerprint density at radius 2 is 1.33 bits per heavy atom. The molecule has 1 aliphatic heterocycles. The minimum atomic E-state index is -1.08. The van der Waals surface area contributed by atoms with E-state index in [1.54, 1.807) is 24.3 Å². The van der Waals surface area contributed by atoms with Crippen LogP contribution in [0.3, 0.4) is 0 Å². The van der Waals surface area contributed by atoms with Gasteiger partial charge in [0.15, 0.2) is 11.1 Å². The van der Waals surface area contributed by atoms with Crippen LogP contribution >= 0.6 is 23.2 Å². The van der Waals surface area contributed by atoms with E-state index in [9.17, 15) is 14.4 Å². The average molecular weight is 419 g/mol. The van der Waals surface area contributed by atoms with Gasteiger partial charge in [-0.05, 0) is 32.9 Å². The van der Waals surface area contributed by atoms with Crippen molar-refractivity contribution in [3.8, 4) is 0 Å². The van der Waals surface area contributed by atoms with Gasteiger partial charge < -0.3 is 14.2 Å². The van der Waals surface area contributed by atoms with Crippen LogP contribution in [0, 0.1) is 5.92 Å². The number of esters is 1. The number of ether oxygens (including phenoxy) is 3. The number of hydrogen-bond donors (Lipinski definition) is 0. The van der Waals surface area contributed by atoms with Crippen LogP contribution < -0.4 is 9.80 Å². The second-order valence-electron chi connectivity index (χ2n) is 5.81. The molecule has 0 saturated heterocycles. The van der Waals surface area contributed by atoms with E-state index in [4.69, 9.17) is 37.4 Å². The molecule has 3 unspecified atom stereocenters. The Labute approximate surface area is 166 Å². The fourth-order valence-corrected chi connectivity index (χ4v) is 2.98. The van der Waals surface area contributed by atoms with E-state index >= 15 is 0 Å². The van der Waals surface area contributed by atoms with Crippen molar-refractivity contribution in [1.82, 2.24) is 0 Å². The highest BCUT2D eigenvalue weighted by molar-refractivity contribution is 6.20. The van der Waals surface area contributed by atoms with Crippen molar-refractivity contribution in [2.24, 2.45) is 5.92 Å². The Hall–Kier alpha value is -2.19. The molecule has 27 heavy (non-hydrogen) atoms. The first-order valence-corrected chi connectivity index (χ1v) is 9.01. The molecule has 148 valence electrons. The number of carbonyl (C=O) groups excluding carboxylic acids is 3.